The van der Waals surface area contributed by atoms with E-state index in [0.29, 0.717) is 5.56 Å². The molecule has 2 N–H and O–H groups in total. The van der Waals surface area contributed by atoms with Gasteiger partial charge in [0, 0.05) is 86.3 Å². The first-order valence-electron chi connectivity index (χ1n) is 9.94. The van der Waals surface area contributed by atoms with Crippen molar-refractivity contribution in [3.05, 3.63) is 66.7 Å². The lowest BCUT2D eigenvalue weighted by Crippen LogP contribution is -2.28. The van der Waals surface area contributed by atoms with Gasteiger partial charge >= 0.3 is 0 Å². The number of pyridine rings is 2. The molecule has 3 aromatic heterocycles. The molecule has 4 aromatic rings. The highest BCUT2D eigenvalue weighted by Gasteiger charge is 2.20. The number of aromatic nitrogens is 3. The molecule has 1 atom stereocenters. The highest BCUT2D eigenvalue weighted by atomic mass is 16.3. The average Bonchev–Trinajstić information content (AvgIpc) is 3.21. The molecule has 4 rings (SSSR count). The van der Waals surface area contributed by atoms with Crippen LogP contribution < -0.4 is 4.90 Å². The van der Waals surface area contributed by atoms with Crippen LogP contribution in [0.5, 0.6) is 0 Å². The highest BCUT2D eigenvalue weighted by Crippen LogP contribution is 2.32. The van der Waals surface area contributed by atoms with E-state index in [1.165, 1.54) is 11.1 Å². The molecule has 0 bridgehead atoms. The van der Waals surface area contributed by atoms with Crippen molar-refractivity contribution < 1.29 is 9.90 Å². The summed E-state index contributed by atoms with van der Waals surface area (Å²) < 4.78 is 0. The maximum absolute atomic E-state index is 12.1. The van der Waals surface area contributed by atoms with Crippen LogP contribution >= 0.6 is 0 Å². The molecule has 0 saturated heterocycles. The molecule has 1 amide bonds. The van der Waals surface area contributed by atoms with Crippen molar-refractivity contribution in [2.24, 2.45) is 0 Å². The molecule has 0 aliphatic rings. The number of rotatable bonds is 5. The Hall–Kier alpha value is -3.71. The summed E-state index contributed by atoms with van der Waals surface area (Å²) in [7, 11) is 7.25. The van der Waals surface area contributed by atoms with E-state index in [4.69, 9.17) is 0 Å². The topological polar surface area (TPSA) is 85.4 Å². The van der Waals surface area contributed by atoms with Crippen LogP contribution in [0.25, 0.3) is 33.3 Å². The van der Waals surface area contributed by atoms with E-state index < -0.39 is 6.10 Å². The van der Waals surface area contributed by atoms with Crippen molar-refractivity contribution in [3.8, 4) is 22.3 Å². The molecular formula is C24H25N5O2. The average molecular weight is 415 g/mol. The molecule has 7 nitrogen and oxygen atoms in total. The van der Waals surface area contributed by atoms with Gasteiger partial charge in [-0.2, -0.15) is 0 Å². The lowest BCUT2D eigenvalue weighted by molar-refractivity contribution is -0.137. The zero-order valence-corrected chi connectivity index (χ0v) is 18.0. The second kappa shape index (κ2) is 8.20. The van der Waals surface area contributed by atoms with Gasteiger partial charge in [-0.1, -0.05) is 12.1 Å². The number of hydrogen-bond donors (Lipinski definition) is 2. The zero-order valence-electron chi connectivity index (χ0n) is 18.0. The van der Waals surface area contributed by atoms with E-state index >= 15 is 0 Å². The third-order valence-electron chi connectivity index (χ3n) is 5.31. The van der Waals surface area contributed by atoms with Gasteiger partial charge in [0.1, 0.15) is 5.65 Å². The largest absolute Gasteiger partial charge is 0.378 e. The van der Waals surface area contributed by atoms with Crippen molar-refractivity contribution in [2.75, 3.05) is 33.1 Å². The van der Waals surface area contributed by atoms with Crippen LogP contribution in [0.4, 0.5) is 5.69 Å². The van der Waals surface area contributed by atoms with Crippen molar-refractivity contribution in [1.82, 2.24) is 19.9 Å². The standard InChI is InChI=1S/C24H25N5O2/c1-28(2)19-7-5-15(6-8-19)21-14-27-23-20(21)10-17(13-26-23)16-9-18(12-25-11-16)22(30)24(31)29(3)4/h5-14,22,30H,1-4H3,(H,26,27). The lowest BCUT2D eigenvalue weighted by atomic mass is 10.0. The minimum Gasteiger partial charge on any atom is -0.378 e. The molecule has 1 unspecified atom stereocenters. The van der Waals surface area contributed by atoms with Gasteiger partial charge < -0.3 is 19.9 Å². The highest BCUT2D eigenvalue weighted by molar-refractivity contribution is 5.96. The summed E-state index contributed by atoms with van der Waals surface area (Å²) in [5, 5.41) is 11.4. The number of carbonyl (C=O) groups is 1. The number of carbonyl (C=O) groups excluding carboxylic acids is 1. The van der Waals surface area contributed by atoms with Crippen LogP contribution in [0.2, 0.25) is 0 Å². The minimum absolute atomic E-state index is 0.387. The van der Waals surface area contributed by atoms with Crippen molar-refractivity contribution in [2.45, 2.75) is 6.10 Å². The van der Waals surface area contributed by atoms with Crippen molar-refractivity contribution in [1.29, 1.82) is 0 Å². The lowest BCUT2D eigenvalue weighted by Gasteiger charge is -2.16. The number of aliphatic hydroxyl groups excluding tert-OH is 1. The summed E-state index contributed by atoms with van der Waals surface area (Å²) in [5.74, 6) is -0.387. The van der Waals surface area contributed by atoms with Crippen LogP contribution in [0, 0.1) is 0 Å². The predicted octanol–water partition coefficient (Wildman–Crippen LogP) is 3.48. The summed E-state index contributed by atoms with van der Waals surface area (Å²) in [5.41, 5.74) is 6.17. The Bertz CT molecular complexity index is 1230. The first kappa shape index (κ1) is 20.6. The minimum atomic E-state index is -1.25. The first-order valence-corrected chi connectivity index (χ1v) is 9.94. The monoisotopic (exact) mass is 415 g/mol. The number of nitrogens with one attached hydrogen (secondary N) is 1. The van der Waals surface area contributed by atoms with E-state index in [9.17, 15) is 9.90 Å². The summed E-state index contributed by atoms with van der Waals surface area (Å²) in [6, 6.07) is 12.2. The molecule has 0 aliphatic carbocycles. The molecule has 3 heterocycles. The third-order valence-corrected chi connectivity index (χ3v) is 5.31. The Kier molecular flexibility index (Phi) is 5.44. The van der Waals surface area contributed by atoms with Gasteiger partial charge in [-0.25, -0.2) is 4.98 Å². The van der Waals surface area contributed by atoms with Gasteiger partial charge in [0.15, 0.2) is 6.10 Å². The normalized spacial score (nSPS) is 12.0. The maximum atomic E-state index is 12.1. The number of H-pyrrole nitrogens is 1. The first-order chi connectivity index (χ1) is 14.8. The predicted molar refractivity (Wildman–Crippen MR) is 123 cm³/mol. The Morgan fingerprint density at radius 3 is 2.35 bits per heavy atom. The Morgan fingerprint density at radius 2 is 1.68 bits per heavy atom. The molecule has 7 heteroatoms. The number of aliphatic hydroxyl groups is 1. The molecule has 0 spiro atoms. The quantitative estimate of drug-likeness (QED) is 0.521. The number of hydrogen-bond acceptors (Lipinski definition) is 5. The third kappa shape index (κ3) is 4.00. The number of amides is 1. The molecule has 1 aromatic carbocycles. The van der Waals surface area contributed by atoms with Gasteiger partial charge in [-0.15, -0.1) is 0 Å². The van der Waals surface area contributed by atoms with Crippen molar-refractivity contribution in [3.63, 3.8) is 0 Å². The molecule has 158 valence electrons. The Balaban J connectivity index is 1.72. The van der Waals surface area contributed by atoms with Gasteiger partial charge in [0.2, 0.25) is 0 Å². The second-order valence-electron chi connectivity index (χ2n) is 7.91. The fourth-order valence-corrected chi connectivity index (χ4v) is 3.49. The number of nitrogens with zero attached hydrogens (tertiary/aromatic N) is 4. The van der Waals surface area contributed by atoms with E-state index in [-0.39, 0.29) is 5.91 Å². The summed E-state index contributed by atoms with van der Waals surface area (Å²) in [6.07, 6.45) is 5.68. The molecular weight excluding hydrogens is 390 g/mol. The summed E-state index contributed by atoms with van der Waals surface area (Å²) >= 11 is 0. The van der Waals surface area contributed by atoms with Crippen LogP contribution in [0.1, 0.15) is 11.7 Å². The van der Waals surface area contributed by atoms with Crippen LogP contribution in [0.3, 0.4) is 0 Å². The molecule has 0 saturated carbocycles. The Morgan fingerprint density at radius 1 is 0.968 bits per heavy atom. The number of fused-ring (bicyclic) bond motifs is 1. The van der Waals surface area contributed by atoms with Crippen LogP contribution in [-0.4, -0.2) is 59.1 Å². The molecule has 31 heavy (non-hydrogen) atoms. The van der Waals surface area contributed by atoms with Gasteiger partial charge in [-0.05, 0) is 29.8 Å². The van der Waals surface area contributed by atoms with E-state index in [1.54, 1.807) is 32.6 Å². The maximum Gasteiger partial charge on any atom is 0.255 e. The summed E-state index contributed by atoms with van der Waals surface area (Å²) in [4.78, 5) is 27.6. The molecule has 0 aliphatic heterocycles. The fraction of sp³-hybridized carbons (Fsp3) is 0.208. The SMILES string of the molecule is CN(C)C(=O)C(O)c1cncc(-c2cnc3[nH]cc(-c4ccc(N(C)C)cc4)c3c2)c1. The second-order valence-corrected chi connectivity index (χ2v) is 7.91. The Labute approximate surface area is 181 Å². The number of anilines is 1. The number of likely N-dealkylation sites (N-methyl/N-ethyl adjacent to an activating group) is 1. The number of aromatic amines is 1. The number of benzene rings is 1. The van der Waals surface area contributed by atoms with E-state index in [0.717, 1.165) is 39.0 Å². The van der Waals surface area contributed by atoms with Crippen molar-refractivity contribution >= 4 is 22.6 Å². The molecule has 0 fully saturated rings. The zero-order chi connectivity index (χ0) is 22.1. The van der Waals surface area contributed by atoms with Crippen LogP contribution in [-0.2, 0) is 4.79 Å². The van der Waals surface area contributed by atoms with E-state index in [2.05, 4.69) is 50.2 Å². The smallest absolute Gasteiger partial charge is 0.255 e. The van der Waals surface area contributed by atoms with Gasteiger partial charge in [-0.3, -0.25) is 9.78 Å². The van der Waals surface area contributed by atoms with Gasteiger partial charge in [0.05, 0.1) is 0 Å². The van der Waals surface area contributed by atoms with Crippen LogP contribution in [0.15, 0.2) is 61.2 Å². The fourth-order valence-electron chi connectivity index (χ4n) is 3.49. The molecule has 0 radical (unpaired) electrons. The summed E-state index contributed by atoms with van der Waals surface area (Å²) in [6.45, 7) is 0. The van der Waals surface area contributed by atoms with E-state index in [1.807, 2.05) is 20.3 Å². The van der Waals surface area contributed by atoms with Gasteiger partial charge in [0.25, 0.3) is 5.91 Å².